The number of imidazole rings is 1. The molecule has 140 valence electrons. The average molecular weight is 362 g/mol. The molecular formula is C22H26N4O. The van der Waals surface area contributed by atoms with Crippen molar-refractivity contribution >= 4 is 17.1 Å². The number of nitrogens with zero attached hydrogens (tertiary/aromatic N) is 4. The summed E-state index contributed by atoms with van der Waals surface area (Å²) in [6, 6.07) is 14.2. The van der Waals surface area contributed by atoms with Crippen LogP contribution in [-0.2, 0) is 24.2 Å². The SMILES string of the molecule is CCn1c(CC2CCN(C(=O)CCc3ccccc3)C2)nc2cccnc21. The van der Waals surface area contributed by atoms with Crippen molar-refractivity contribution in [1.29, 1.82) is 0 Å². The van der Waals surface area contributed by atoms with E-state index in [4.69, 9.17) is 4.98 Å². The first-order valence-corrected chi connectivity index (χ1v) is 9.86. The maximum absolute atomic E-state index is 12.6. The molecule has 27 heavy (non-hydrogen) atoms. The van der Waals surface area contributed by atoms with Crippen LogP contribution >= 0.6 is 0 Å². The van der Waals surface area contributed by atoms with Gasteiger partial charge in [0.25, 0.3) is 0 Å². The van der Waals surface area contributed by atoms with Crippen LogP contribution in [0, 0.1) is 5.92 Å². The lowest BCUT2D eigenvalue weighted by molar-refractivity contribution is -0.130. The zero-order valence-electron chi connectivity index (χ0n) is 15.8. The van der Waals surface area contributed by atoms with Gasteiger partial charge in [0.15, 0.2) is 5.65 Å². The Morgan fingerprint density at radius 2 is 2.04 bits per heavy atom. The molecule has 1 saturated heterocycles. The summed E-state index contributed by atoms with van der Waals surface area (Å²) >= 11 is 0. The second-order valence-electron chi connectivity index (χ2n) is 7.30. The van der Waals surface area contributed by atoms with Gasteiger partial charge in [0, 0.05) is 38.7 Å². The van der Waals surface area contributed by atoms with Gasteiger partial charge < -0.3 is 9.47 Å². The Balaban J connectivity index is 1.36. The largest absolute Gasteiger partial charge is 0.342 e. The number of aromatic nitrogens is 3. The van der Waals surface area contributed by atoms with E-state index in [1.165, 1.54) is 5.56 Å². The van der Waals surface area contributed by atoms with E-state index in [-0.39, 0.29) is 5.91 Å². The van der Waals surface area contributed by atoms with Gasteiger partial charge in [0.2, 0.25) is 5.91 Å². The highest BCUT2D eigenvalue weighted by Crippen LogP contribution is 2.23. The number of aryl methyl sites for hydroxylation is 2. The summed E-state index contributed by atoms with van der Waals surface area (Å²) in [7, 11) is 0. The van der Waals surface area contributed by atoms with Crippen LogP contribution < -0.4 is 0 Å². The molecule has 0 saturated carbocycles. The molecule has 3 heterocycles. The van der Waals surface area contributed by atoms with E-state index in [0.717, 1.165) is 55.9 Å². The van der Waals surface area contributed by atoms with E-state index >= 15 is 0 Å². The third-order valence-corrected chi connectivity index (χ3v) is 5.48. The van der Waals surface area contributed by atoms with Crippen molar-refractivity contribution in [3.05, 3.63) is 60.0 Å². The van der Waals surface area contributed by atoms with Crippen LogP contribution in [0.15, 0.2) is 48.7 Å². The molecule has 5 heteroatoms. The Morgan fingerprint density at radius 1 is 1.19 bits per heavy atom. The molecule has 1 aliphatic heterocycles. The highest BCUT2D eigenvalue weighted by atomic mass is 16.2. The number of benzene rings is 1. The van der Waals surface area contributed by atoms with Crippen molar-refractivity contribution in [2.24, 2.45) is 5.92 Å². The van der Waals surface area contributed by atoms with Crippen LogP contribution in [0.25, 0.3) is 11.2 Å². The molecule has 1 aliphatic rings. The van der Waals surface area contributed by atoms with Gasteiger partial charge >= 0.3 is 0 Å². The maximum atomic E-state index is 12.6. The Bertz CT molecular complexity index is 918. The lowest BCUT2D eigenvalue weighted by Crippen LogP contribution is -2.29. The normalized spacial score (nSPS) is 16.9. The zero-order valence-corrected chi connectivity index (χ0v) is 15.8. The number of fused-ring (bicyclic) bond motifs is 1. The number of likely N-dealkylation sites (tertiary alicyclic amines) is 1. The van der Waals surface area contributed by atoms with Crippen LogP contribution in [0.1, 0.15) is 31.2 Å². The zero-order chi connectivity index (χ0) is 18.6. The number of pyridine rings is 1. The fourth-order valence-corrected chi connectivity index (χ4v) is 4.03. The second kappa shape index (κ2) is 7.91. The van der Waals surface area contributed by atoms with E-state index in [1.807, 2.05) is 41.4 Å². The molecule has 1 aromatic carbocycles. The number of amides is 1. The van der Waals surface area contributed by atoms with E-state index in [9.17, 15) is 4.79 Å². The van der Waals surface area contributed by atoms with Gasteiger partial charge in [-0.25, -0.2) is 9.97 Å². The molecule has 0 aliphatic carbocycles. The van der Waals surface area contributed by atoms with Crippen LogP contribution in [0.2, 0.25) is 0 Å². The smallest absolute Gasteiger partial charge is 0.222 e. The van der Waals surface area contributed by atoms with Crippen LogP contribution in [0.5, 0.6) is 0 Å². The van der Waals surface area contributed by atoms with Crippen molar-refractivity contribution in [2.45, 2.75) is 39.2 Å². The molecule has 3 aromatic rings. The lowest BCUT2D eigenvalue weighted by atomic mass is 10.0. The summed E-state index contributed by atoms with van der Waals surface area (Å²) in [5, 5.41) is 0. The number of carbonyl (C=O) groups is 1. The quantitative estimate of drug-likeness (QED) is 0.675. The number of hydrogen-bond donors (Lipinski definition) is 0. The first-order valence-electron chi connectivity index (χ1n) is 9.86. The third kappa shape index (κ3) is 3.87. The standard InChI is InChI=1S/C22H26N4O/c1-2-26-20(24-19-9-6-13-23-22(19)26)15-18-12-14-25(16-18)21(27)11-10-17-7-4-3-5-8-17/h3-9,13,18H,2,10-12,14-16H2,1H3. The molecule has 1 fully saturated rings. The summed E-state index contributed by atoms with van der Waals surface area (Å²) in [5.41, 5.74) is 3.15. The van der Waals surface area contributed by atoms with E-state index < -0.39 is 0 Å². The molecule has 0 N–H and O–H groups in total. The molecule has 1 atom stereocenters. The van der Waals surface area contributed by atoms with E-state index in [2.05, 4.69) is 28.6 Å². The van der Waals surface area contributed by atoms with Crippen molar-refractivity contribution in [3.8, 4) is 0 Å². The number of rotatable bonds is 6. The van der Waals surface area contributed by atoms with E-state index in [1.54, 1.807) is 0 Å². The molecule has 4 rings (SSSR count). The summed E-state index contributed by atoms with van der Waals surface area (Å²) in [4.78, 5) is 23.9. The van der Waals surface area contributed by atoms with Crippen molar-refractivity contribution < 1.29 is 4.79 Å². The highest BCUT2D eigenvalue weighted by Gasteiger charge is 2.27. The Kier molecular flexibility index (Phi) is 5.19. The summed E-state index contributed by atoms with van der Waals surface area (Å²) in [6.07, 6.45) is 5.19. The van der Waals surface area contributed by atoms with Crippen LogP contribution in [0.3, 0.4) is 0 Å². The van der Waals surface area contributed by atoms with E-state index in [0.29, 0.717) is 12.3 Å². The lowest BCUT2D eigenvalue weighted by Gasteiger charge is -2.17. The maximum Gasteiger partial charge on any atom is 0.222 e. The van der Waals surface area contributed by atoms with Crippen molar-refractivity contribution in [2.75, 3.05) is 13.1 Å². The average Bonchev–Trinajstić information content (AvgIpc) is 3.31. The Hall–Kier alpha value is -2.69. The van der Waals surface area contributed by atoms with Crippen LogP contribution in [-0.4, -0.2) is 38.4 Å². The third-order valence-electron chi connectivity index (χ3n) is 5.48. The molecule has 0 bridgehead atoms. The summed E-state index contributed by atoms with van der Waals surface area (Å²) in [5.74, 6) is 1.84. The predicted molar refractivity (Wildman–Crippen MR) is 106 cm³/mol. The van der Waals surface area contributed by atoms with Gasteiger partial charge in [-0.1, -0.05) is 30.3 Å². The number of carbonyl (C=O) groups excluding carboxylic acids is 1. The highest BCUT2D eigenvalue weighted by molar-refractivity contribution is 5.76. The first-order chi connectivity index (χ1) is 13.2. The molecule has 0 spiro atoms. The molecule has 1 unspecified atom stereocenters. The first kappa shape index (κ1) is 17.7. The molecule has 2 aromatic heterocycles. The summed E-state index contributed by atoms with van der Waals surface area (Å²) in [6.45, 7) is 4.71. The molecule has 0 radical (unpaired) electrons. The van der Waals surface area contributed by atoms with Gasteiger partial charge in [-0.2, -0.15) is 0 Å². The molecule has 1 amide bonds. The van der Waals surface area contributed by atoms with Gasteiger partial charge in [0.1, 0.15) is 11.3 Å². The minimum absolute atomic E-state index is 0.270. The van der Waals surface area contributed by atoms with Gasteiger partial charge in [-0.15, -0.1) is 0 Å². The fraction of sp³-hybridized carbons (Fsp3) is 0.409. The second-order valence-corrected chi connectivity index (χ2v) is 7.30. The minimum atomic E-state index is 0.270. The topological polar surface area (TPSA) is 51.0 Å². The van der Waals surface area contributed by atoms with Gasteiger partial charge in [-0.3, -0.25) is 4.79 Å². The minimum Gasteiger partial charge on any atom is -0.342 e. The summed E-state index contributed by atoms with van der Waals surface area (Å²) < 4.78 is 2.20. The van der Waals surface area contributed by atoms with Gasteiger partial charge in [-0.05, 0) is 43.4 Å². The van der Waals surface area contributed by atoms with Crippen LogP contribution in [0.4, 0.5) is 0 Å². The van der Waals surface area contributed by atoms with Crippen molar-refractivity contribution in [1.82, 2.24) is 19.4 Å². The predicted octanol–water partition coefficient (Wildman–Crippen LogP) is 3.48. The molecule has 5 nitrogen and oxygen atoms in total. The van der Waals surface area contributed by atoms with Crippen molar-refractivity contribution in [3.63, 3.8) is 0 Å². The Morgan fingerprint density at radius 3 is 2.85 bits per heavy atom. The fourth-order valence-electron chi connectivity index (χ4n) is 4.03. The number of hydrogen-bond acceptors (Lipinski definition) is 3. The molecular weight excluding hydrogens is 336 g/mol. The monoisotopic (exact) mass is 362 g/mol. The van der Waals surface area contributed by atoms with Gasteiger partial charge in [0.05, 0.1) is 0 Å². The Labute approximate surface area is 160 Å².